The molecule has 1 N–H and O–H groups in total. The quantitative estimate of drug-likeness (QED) is 0.687. The van der Waals surface area contributed by atoms with E-state index in [1.54, 1.807) is 0 Å². The van der Waals surface area contributed by atoms with Gasteiger partial charge in [0.05, 0.1) is 0 Å². The van der Waals surface area contributed by atoms with E-state index in [4.69, 9.17) is 0 Å². The van der Waals surface area contributed by atoms with Crippen molar-refractivity contribution >= 4 is 5.82 Å². The molecule has 0 radical (unpaired) electrons. The summed E-state index contributed by atoms with van der Waals surface area (Å²) in [5, 5.41) is 3.13. The first kappa shape index (κ1) is 9.99. The molecule has 1 aromatic heterocycles. The van der Waals surface area contributed by atoms with Crippen LogP contribution < -0.4 is 10.2 Å². The molecule has 0 fully saturated rings. The van der Waals surface area contributed by atoms with E-state index in [0.29, 0.717) is 0 Å². The van der Waals surface area contributed by atoms with Crippen molar-refractivity contribution in [2.75, 3.05) is 32.1 Å². The summed E-state index contributed by atoms with van der Waals surface area (Å²) in [5.74, 6) is 1.04. The average molecular weight is 179 g/mol. The average Bonchev–Trinajstić information content (AvgIpc) is 2.19. The van der Waals surface area contributed by atoms with Crippen LogP contribution in [0.25, 0.3) is 0 Å². The second kappa shape index (κ2) is 5.54. The molecule has 0 atom stereocenters. The summed E-state index contributed by atoms with van der Waals surface area (Å²) in [6.07, 6.45) is 2.97. The van der Waals surface area contributed by atoms with E-state index in [1.807, 2.05) is 31.4 Å². The first-order valence-electron chi connectivity index (χ1n) is 4.61. The maximum Gasteiger partial charge on any atom is 0.128 e. The molecule has 0 saturated carbocycles. The molecule has 3 heteroatoms. The normalized spacial score (nSPS) is 10.0. The third kappa shape index (κ3) is 3.42. The standard InChI is InChI=1S/C10H17N3/c1-11-7-5-9-13(2)10-6-3-4-8-12-10/h3-4,6,8,11H,5,7,9H2,1-2H3. The lowest BCUT2D eigenvalue weighted by atomic mass is 10.3. The highest BCUT2D eigenvalue weighted by Crippen LogP contribution is 2.06. The van der Waals surface area contributed by atoms with Gasteiger partial charge in [0.1, 0.15) is 5.82 Å². The largest absolute Gasteiger partial charge is 0.360 e. The van der Waals surface area contributed by atoms with Crippen LogP contribution in [0, 0.1) is 0 Å². The van der Waals surface area contributed by atoms with Gasteiger partial charge in [-0.1, -0.05) is 6.07 Å². The maximum atomic E-state index is 4.26. The molecule has 0 aliphatic heterocycles. The molecule has 0 aliphatic rings. The van der Waals surface area contributed by atoms with Crippen LogP contribution in [0.1, 0.15) is 6.42 Å². The maximum absolute atomic E-state index is 4.26. The van der Waals surface area contributed by atoms with Gasteiger partial charge < -0.3 is 10.2 Å². The molecule has 1 heterocycles. The fraction of sp³-hybridized carbons (Fsp3) is 0.500. The fourth-order valence-corrected chi connectivity index (χ4v) is 1.19. The lowest BCUT2D eigenvalue weighted by Crippen LogP contribution is -2.22. The zero-order chi connectivity index (χ0) is 9.52. The molecule has 0 aliphatic carbocycles. The first-order valence-corrected chi connectivity index (χ1v) is 4.61. The first-order chi connectivity index (χ1) is 6.34. The Bertz CT molecular complexity index is 223. The van der Waals surface area contributed by atoms with Gasteiger partial charge in [-0.25, -0.2) is 4.98 Å². The number of rotatable bonds is 5. The number of aromatic nitrogens is 1. The van der Waals surface area contributed by atoms with Gasteiger partial charge in [0.15, 0.2) is 0 Å². The number of nitrogens with one attached hydrogen (secondary N) is 1. The van der Waals surface area contributed by atoms with Crippen LogP contribution in [0.15, 0.2) is 24.4 Å². The molecular weight excluding hydrogens is 162 g/mol. The summed E-state index contributed by atoms with van der Waals surface area (Å²) in [6, 6.07) is 5.97. The summed E-state index contributed by atoms with van der Waals surface area (Å²) in [4.78, 5) is 6.43. The Morgan fingerprint density at radius 2 is 2.31 bits per heavy atom. The summed E-state index contributed by atoms with van der Waals surface area (Å²) in [6.45, 7) is 2.09. The van der Waals surface area contributed by atoms with Crippen molar-refractivity contribution in [3.63, 3.8) is 0 Å². The van der Waals surface area contributed by atoms with Gasteiger partial charge in [0, 0.05) is 19.8 Å². The van der Waals surface area contributed by atoms with Gasteiger partial charge in [-0.3, -0.25) is 0 Å². The van der Waals surface area contributed by atoms with Gasteiger partial charge >= 0.3 is 0 Å². The van der Waals surface area contributed by atoms with Crippen LogP contribution in [-0.2, 0) is 0 Å². The summed E-state index contributed by atoms with van der Waals surface area (Å²) < 4.78 is 0. The van der Waals surface area contributed by atoms with Crippen LogP contribution in [0.2, 0.25) is 0 Å². The van der Waals surface area contributed by atoms with Gasteiger partial charge in [0.25, 0.3) is 0 Å². The highest BCUT2D eigenvalue weighted by Gasteiger charge is 1.98. The minimum atomic E-state index is 1.04. The van der Waals surface area contributed by atoms with Crippen molar-refractivity contribution in [2.45, 2.75) is 6.42 Å². The van der Waals surface area contributed by atoms with Crippen LogP contribution in [-0.4, -0.2) is 32.2 Å². The predicted octanol–water partition coefficient (Wildman–Crippen LogP) is 1.13. The molecular formula is C10H17N3. The van der Waals surface area contributed by atoms with Crippen LogP contribution in [0.5, 0.6) is 0 Å². The molecule has 0 saturated heterocycles. The van der Waals surface area contributed by atoms with E-state index in [1.165, 1.54) is 0 Å². The summed E-state index contributed by atoms with van der Waals surface area (Å²) >= 11 is 0. The second-order valence-electron chi connectivity index (χ2n) is 3.07. The molecule has 0 bridgehead atoms. The molecule has 3 nitrogen and oxygen atoms in total. The Labute approximate surface area is 79.8 Å². The van der Waals surface area contributed by atoms with E-state index in [0.717, 1.165) is 25.3 Å². The van der Waals surface area contributed by atoms with Gasteiger partial charge in [0.2, 0.25) is 0 Å². The number of pyridine rings is 1. The molecule has 72 valence electrons. The molecule has 0 amide bonds. The Balaban J connectivity index is 2.35. The number of anilines is 1. The SMILES string of the molecule is CNCCCN(C)c1ccccn1. The third-order valence-corrected chi connectivity index (χ3v) is 1.96. The molecule has 0 spiro atoms. The van der Waals surface area contributed by atoms with Crippen LogP contribution in [0.4, 0.5) is 5.82 Å². The lowest BCUT2D eigenvalue weighted by molar-refractivity contribution is 0.709. The second-order valence-corrected chi connectivity index (χ2v) is 3.07. The van der Waals surface area contributed by atoms with E-state index < -0.39 is 0 Å². The minimum absolute atomic E-state index is 1.04. The van der Waals surface area contributed by atoms with E-state index >= 15 is 0 Å². The van der Waals surface area contributed by atoms with Crippen molar-refractivity contribution in [1.29, 1.82) is 0 Å². The Kier molecular flexibility index (Phi) is 4.26. The lowest BCUT2D eigenvalue weighted by Gasteiger charge is -2.17. The monoisotopic (exact) mass is 179 g/mol. The van der Waals surface area contributed by atoms with E-state index in [2.05, 4.69) is 22.2 Å². The van der Waals surface area contributed by atoms with Gasteiger partial charge in [-0.2, -0.15) is 0 Å². The Morgan fingerprint density at radius 1 is 1.46 bits per heavy atom. The fourth-order valence-electron chi connectivity index (χ4n) is 1.19. The Hall–Kier alpha value is -1.09. The smallest absolute Gasteiger partial charge is 0.128 e. The number of hydrogen-bond acceptors (Lipinski definition) is 3. The third-order valence-electron chi connectivity index (χ3n) is 1.96. The zero-order valence-corrected chi connectivity index (χ0v) is 8.33. The summed E-state index contributed by atoms with van der Waals surface area (Å²) in [5.41, 5.74) is 0. The van der Waals surface area contributed by atoms with Gasteiger partial charge in [-0.15, -0.1) is 0 Å². The van der Waals surface area contributed by atoms with Gasteiger partial charge in [-0.05, 0) is 32.1 Å². The van der Waals surface area contributed by atoms with Crippen molar-refractivity contribution in [3.8, 4) is 0 Å². The molecule has 0 unspecified atom stereocenters. The van der Waals surface area contributed by atoms with Crippen LogP contribution in [0.3, 0.4) is 0 Å². The number of hydrogen-bond donors (Lipinski definition) is 1. The summed E-state index contributed by atoms with van der Waals surface area (Å²) in [7, 11) is 4.04. The molecule has 1 aromatic rings. The molecule has 0 aromatic carbocycles. The predicted molar refractivity (Wildman–Crippen MR) is 56.1 cm³/mol. The van der Waals surface area contributed by atoms with Crippen molar-refractivity contribution in [2.24, 2.45) is 0 Å². The van der Waals surface area contributed by atoms with Crippen LogP contribution >= 0.6 is 0 Å². The highest BCUT2D eigenvalue weighted by atomic mass is 15.2. The Morgan fingerprint density at radius 3 is 2.92 bits per heavy atom. The minimum Gasteiger partial charge on any atom is -0.360 e. The van der Waals surface area contributed by atoms with E-state index in [-0.39, 0.29) is 0 Å². The van der Waals surface area contributed by atoms with Crippen molar-refractivity contribution in [3.05, 3.63) is 24.4 Å². The highest BCUT2D eigenvalue weighted by molar-refractivity contribution is 5.35. The molecule has 1 rings (SSSR count). The number of nitrogens with zero attached hydrogens (tertiary/aromatic N) is 2. The van der Waals surface area contributed by atoms with Crippen molar-refractivity contribution < 1.29 is 0 Å². The van der Waals surface area contributed by atoms with Crippen molar-refractivity contribution in [1.82, 2.24) is 10.3 Å². The topological polar surface area (TPSA) is 28.2 Å². The molecule has 13 heavy (non-hydrogen) atoms. The van der Waals surface area contributed by atoms with E-state index in [9.17, 15) is 0 Å². The zero-order valence-electron chi connectivity index (χ0n) is 8.33.